The van der Waals surface area contributed by atoms with Crippen molar-refractivity contribution >= 4 is 0 Å². The lowest BCUT2D eigenvalue weighted by Gasteiger charge is -2.35. The van der Waals surface area contributed by atoms with E-state index >= 15 is 0 Å². The maximum Gasteiger partial charge on any atom is 0.384 e. The van der Waals surface area contributed by atoms with E-state index in [0.29, 0.717) is 0 Å². The van der Waals surface area contributed by atoms with E-state index < -0.39 is 46.9 Å². The van der Waals surface area contributed by atoms with Gasteiger partial charge in [0.25, 0.3) is 0 Å². The fraction of sp³-hybridized carbons (Fsp3) is 1.00. The third kappa shape index (κ3) is 4.26. The smallest absolute Gasteiger partial charge is 0.265 e. The molecule has 22 heavy (non-hydrogen) atoms. The number of hydrogen-bond donors (Lipinski definition) is 4. The number of nitrogens with one attached hydrogen (secondary N) is 2. The van der Waals surface area contributed by atoms with Crippen LogP contribution in [0, 0.1) is 0 Å². The summed E-state index contributed by atoms with van der Waals surface area (Å²) < 4.78 is 149. The molecule has 0 aromatic rings. The van der Waals surface area contributed by atoms with Crippen LogP contribution in [0.1, 0.15) is 0 Å². The second kappa shape index (κ2) is 5.27. The SMILES string of the molecule is NC(F)(F)C(F)(F)NC(F)(F)C(F)(F)NC(F)(F)C(N)(F)F. The molecule has 0 rings (SSSR count). The molecule has 0 atom stereocenters. The van der Waals surface area contributed by atoms with Gasteiger partial charge in [0.15, 0.2) is 0 Å². The average Bonchev–Trinajstić information content (AvgIpc) is 2.09. The van der Waals surface area contributed by atoms with Crippen LogP contribution in [0.5, 0.6) is 0 Å². The first-order valence-electron chi connectivity index (χ1n) is 4.60. The summed E-state index contributed by atoms with van der Waals surface area (Å²) in [7, 11) is 0. The fourth-order valence-corrected chi connectivity index (χ4v) is 0.718. The summed E-state index contributed by atoms with van der Waals surface area (Å²) >= 11 is 0. The molecule has 0 aromatic heterocycles. The van der Waals surface area contributed by atoms with E-state index in [2.05, 4.69) is 11.5 Å². The van der Waals surface area contributed by atoms with Gasteiger partial charge in [0, 0.05) is 0 Å². The Hall–Kier alpha value is -1.00. The van der Waals surface area contributed by atoms with E-state index in [-0.39, 0.29) is 0 Å². The number of halogens is 12. The average molecular weight is 362 g/mol. The molecule has 0 aliphatic rings. The van der Waals surface area contributed by atoms with Gasteiger partial charge in [-0.05, 0) is 0 Å². The summed E-state index contributed by atoms with van der Waals surface area (Å²) in [5.41, 5.74) is 6.86. The van der Waals surface area contributed by atoms with Crippen molar-refractivity contribution in [1.29, 1.82) is 0 Å². The molecule has 0 aromatic carbocycles. The zero-order valence-electron chi connectivity index (χ0n) is 9.69. The lowest BCUT2D eigenvalue weighted by atomic mass is 10.3. The lowest BCUT2D eigenvalue weighted by molar-refractivity contribution is -0.341. The van der Waals surface area contributed by atoms with E-state index in [1.54, 1.807) is 0 Å². The molecule has 0 fully saturated rings. The van der Waals surface area contributed by atoms with Gasteiger partial charge in [-0.1, -0.05) is 0 Å². The molecule has 6 N–H and O–H groups in total. The highest BCUT2D eigenvalue weighted by Gasteiger charge is 2.70. The van der Waals surface area contributed by atoms with E-state index in [4.69, 9.17) is 0 Å². The summed E-state index contributed by atoms with van der Waals surface area (Å²) in [5.74, 6) is 0. The van der Waals surface area contributed by atoms with Crippen LogP contribution in [-0.4, -0.2) is 36.3 Å². The van der Waals surface area contributed by atoms with Gasteiger partial charge in [-0.15, -0.1) is 0 Å². The Labute approximate surface area is 112 Å². The van der Waals surface area contributed by atoms with Gasteiger partial charge in [0.05, 0.1) is 0 Å². The maximum absolute atomic E-state index is 12.7. The van der Waals surface area contributed by atoms with Crippen molar-refractivity contribution < 1.29 is 52.7 Å². The molecule has 0 bridgehead atoms. The first kappa shape index (κ1) is 21.0. The Kier molecular flexibility index (Phi) is 5.03. The highest BCUT2D eigenvalue weighted by atomic mass is 19.3. The molecule has 4 nitrogen and oxygen atoms in total. The Morgan fingerprint density at radius 3 is 0.727 bits per heavy atom. The van der Waals surface area contributed by atoms with Gasteiger partial charge < -0.3 is 0 Å². The van der Waals surface area contributed by atoms with E-state index in [0.717, 1.165) is 0 Å². The van der Waals surface area contributed by atoms with Gasteiger partial charge in [-0.2, -0.15) is 63.3 Å². The van der Waals surface area contributed by atoms with Gasteiger partial charge in [-0.3, -0.25) is 11.5 Å². The quantitative estimate of drug-likeness (QED) is 0.410. The highest BCUT2D eigenvalue weighted by molar-refractivity contribution is 4.91. The molecule has 0 amide bonds. The van der Waals surface area contributed by atoms with Crippen LogP contribution in [0.25, 0.3) is 0 Å². The van der Waals surface area contributed by atoms with Gasteiger partial charge in [0.1, 0.15) is 0 Å². The largest absolute Gasteiger partial charge is 0.384 e. The van der Waals surface area contributed by atoms with Crippen molar-refractivity contribution in [3.8, 4) is 0 Å². The van der Waals surface area contributed by atoms with Crippen LogP contribution < -0.4 is 22.1 Å². The maximum atomic E-state index is 12.7. The molecule has 0 saturated heterocycles. The number of rotatable bonds is 7. The number of hydrogen-bond acceptors (Lipinski definition) is 4. The Morgan fingerprint density at radius 1 is 0.409 bits per heavy atom. The summed E-state index contributed by atoms with van der Waals surface area (Å²) in [6.07, 6.45) is 0. The van der Waals surface area contributed by atoms with Gasteiger partial charge in [-0.25, -0.2) is 0 Å². The molecule has 0 aliphatic heterocycles. The van der Waals surface area contributed by atoms with E-state index in [9.17, 15) is 52.7 Å². The summed E-state index contributed by atoms with van der Waals surface area (Å²) in [6.45, 7) is 0. The molecule has 0 saturated carbocycles. The van der Waals surface area contributed by atoms with Gasteiger partial charge >= 0.3 is 36.3 Å². The van der Waals surface area contributed by atoms with Crippen molar-refractivity contribution in [2.45, 2.75) is 36.3 Å². The predicted octanol–water partition coefficient (Wildman–Crippen LogP) is 1.64. The minimum atomic E-state index is -6.56. The second-order valence-electron chi connectivity index (χ2n) is 3.79. The Morgan fingerprint density at radius 2 is 0.591 bits per heavy atom. The summed E-state index contributed by atoms with van der Waals surface area (Å²) in [5, 5.41) is -1.97. The first-order valence-corrected chi connectivity index (χ1v) is 4.60. The molecule has 0 unspecified atom stereocenters. The zero-order valence-corrected chi connectivity index (χ0v) is 9.69. The van der Waals surface area contributed by atoms with Crippen LogP contribution in [0.4, 0.5) is 52.7 Å². The van der Waals surface area contributed by atoms with Crippen LogP contribution >= 0.6 is 0 Å². The third-order valence-corrected chi connectivity index (χ3v) is 1.86. The fourth-order valence-electron chi connectivity index (χ4n) is 0.718. The molecule has 0 aliphatic carbocycles. The molecule has 134 valence electrons. The molecular weight excluding hydrogens is 356 g/mol. The van der Waals surface area contributed by atoms with Crippen LogP contribution in [-0.2, 0) is 0 Å². The standard InChI is InChI=1S/C6H6F12N4/c7-1(8,19)3(11,12)21-5(15,16)6(17,18)22-4(13,14)2(9,10)20/h21-22H,19-20H2. The van der Waals surface area contributed by atoms with Crippen LogP contribution in [0.3, 0.4) is 0 Å². The van der Waals surface area contributed by atoms with E-state index in [1.165, 1.54) is 0 Å². The van der Waals surface area contributed by atoms with Crippen molar-refractivity contribution in [3.05, 3.63) is 0 Å². The Bertz CT molecular complexity index is 357. The van der Waals surface area contributed by atoms with Crippen molar-refractivity contribution in [2.24, 2.45) is 11.5 Å². The minimum Gasteiger partial charge on any atom is -0.265 e. The van der Waals surface area contributed by atoms with Crippen molar-refractivity contribution in [3.63, 3.8) is 0 Å². The topological polar surface area (TPSA) is 76.1 Å². The molecular formula is C6H6F12N4. The molecule has 16 heteroatoms. The minimum absolute atomic E-state index is 0.986. The molecule has 0 radical (unpaired) electrons. The summed E-state index contributed by atoms with van der Waals surface area (Å²) in [6, 6.07) is -37.2. The van der Waals surface area contributed by atoms with Crippen LogP contribution in [0.15, 0.2) is 0 Å². The predicted molar refractivity (Wildman–Crippen MR) is 44.3 cm³/mol. The monoisotopic (exact) mass is 362 g/mol. The molecule has 0 spiro atoms. The lowest BCUT2D eigenvalue weighted by Crippen LogP contribution is -2.73. The van der Waals surface area contributed by atoms with Crippen molar-refractivity contribution in [1.82, 2.24) is 10.6 Å². The first-order chi connectivity index (χ1) is 9.16. The highest BCUT2D eigenvalue weighted by Crippen LogP contribution is 2.39. The number of alkyl halides is 12. The number of nitrogens with two attached hydrogens (primary N) is 2. The zero-order chi connectivity index (χ0) is 18.4. The van der Waals surface area contributed by atoms with Gasteiger partial charge in [0.2, 0.25) is 0 Å². The normalized spacial score (nSPS) is 16.1. The van der Waals surface area contributed by atoms with Crippen LogP contribution in [0.2, 0.25) is 0 Å². The third-order valence-electron chi connectivity index (χ3n) is 1.86. The Balaban J connectivity index is 5.44. The van der Waals surface area contributed by atoms with Crippen molar-refractivity contribution in [2.75, 3.05) is 0 Å². The summed E-state index contributed by atoms with van der Waals surface area (Å²) in [4.78, 5) is 0. The second-order valence-corrected chi connectivity index (χ2v) is 3.79. The molecule has 0 heterocycles. The van der Waals surface area contributed by atoms with E-state index in [1.807, 2.05) is 0 Å².